The molecule has 5 rings (SSSR count). The topological polar surface area (TPSA) is 132 Å². The van der Waals surface area contributed by atoms with Crippen LogP contribution in [0.2, 0.25) is 0 Å². The molecule has 3 heterocycles. The first-order valence-corrected chi connectivity index (χ1v) is 12.2. The summed E-state index contributed by atoms with van der Waals surface area (Å²) in [7, 11) is 0. The first-order chi connectivity index (χ1) is 19.0. The van der Waals surface area contributed by atoms with E-state index in [1.165, 1.54) is 0 Å². The molecule has 2 amide bonds. The Morgan fingerprint density at radius 3 is 2.67 bits per heavy atom. The van der Waals surface area contributed by atoms with E-state index in [2.05, 4.69) is 32.4 Å². The van der Waals surface area contributed by atoms with E-state index in [4.69, 9.17) is 5.73 Å². The van der Waals surface area contributed by atoms with E-state index in [1.807, 2.05) is 48.5 Å². The van der Waals surface area contributed by atoms with Crippen LogP contribution in [-0.2, 0) is 4.79 Å². The molecule has 1 atom stereocenters. The molecule has 2 aromatic carbocycles. The summed E-state index contributed by atoms with van der Waals surface area (Å²) in [6.07, 6.45) is 3.73. The van der Waals surface area contributed by atoms with Gasteiger partial charge in [-0.25, -0.2) is 4.98 Å². The molecule has 0 saturated heterocycles. The van der Waals surface area contributed by atoms with Gasteiger partial charge in [-0.3, -0.25) is 23.9 Å². The molecule has 1 unspecified atom stereocenters. The van der Waals surface area contributed by atoms with E-state index in [0.717, 1.165) is 0 Å². The van der Waals surface area contributed by atoms with Crippen LogP contribution in [-0.4, -0.2) is 33.4 Å². The van der Waals surface area contributed by atoms with Crippen molar-refractivity contribution in [2.24, 2.45) is 0 Å². The van der Waals surface area contributed by atoms with Gasteiger partial charge in [0.15, 0.2) is 0 Å². The Kier molecular flexibility index (Phi) is 7.01. The quantitative estimate of drug-likeness (QED) is 0.181. The van der Waals surface area contributed by atoms with Crippen molar-refractivity contribution in [1.29, 1.82) is 0 Å². The van der Waals surface area contributed by atoms with Gasteiger partial charge in [-0.1, -0.05) is 42.2 Å². The van der Waals surface area contributed by atoms with Crippen molar-refractivity contribution in [3.8, 4) is 17.5 Å². The summed E-state index contributed by atoms with van der Waals surface area (Å²) in [4.78, 5) is 46.6. The number of carbonyl (C=O) groups is 2. The SMILES string of the molecule is CC(NC(=O)c1c(N)ncc2cccnc12)c1cc2cccc(C#CCNC=O)c2c(=O)n1-c1ccccc1. The summed E-state index contributed by atoms with van der Waals surface area (Å²) in [5.74, 6) is 5.46. The molecule has 5 aromatic rings. The average molecular weight is 517 g/mol. The van der Waals surface area contributed by atoms with Gasteiger partial charge >= 0.3 is 0 Å². The zero-order valence-corrected chi connectivity index (χ0v) is 21.0. The summed E-state index contributed by atoms with van der Waals surface area (Å²) in [6, 6.07) is 19.4. The van der Waals surface area contributed by atoms with Crippen molar-refractivity contribution < 1.29 is 9.59 Å². The molecule has 9 nitrogen and oxygen atoms in total. The third-order valence-electron chi connectivity index (χ3n) is 6.28. The third kappa shape index (κ3) is 4.91. The molecule has 0 fully saturated rings. The number of fused-ring (bicyclic) bond motifs is 2. The number of pyridine rings is 3. The lowest BCUT2D eigenvalue weighted by atomic mass is 10.0. The second-order valence-electron chi connectivity index (χ2n) is 8.77. The molecule has 0 aliphatic heterocycles. The zero-order valence-electron chi connectivity index (χ0n) is 21.0. The van der Waals surface area contributed by atoms with E-state index in [0.29, 0.717) is 45.0 Å². The smallest absolute Gasteiger partial charge is 0.264 e. The molecular weight excluding hydrogens is 492 g/mol. The first-order valence-electron chi connectivity index (χ1n) is 12.2. The van der Waals surface area contributed by atoms with Crippen LogP contribution in [0.5, 0.6) is 0 Å². The first kappa shape index (κ1) is 25.2. The standard InChI is InChI=1S/C30H24N6O3/c1-19(35-29(38)26-27-22(11-7-15-33-27)17-34-28(26)31)24-16-21-9-5-8-20(10-6-14-32-18-37)25(21)30(39)36(24)23-12-3-2-4-13-23/h2-5,7-9,11-13,15-19H,14H2,1H3,(H2,31,34)(H,32,37)(H,35,38). The van der Waals surface area contributed by atoms with Crippen LogP contribution >= 0.6 is 0 Å². The number of anilines is 1. The number of aromatic nitrogens is 3. The van der Waals surface area contributed by atoms with Crippen LogP contribution in [0.15, 0.2) is 83.9 Å². The predicted octanol–water partition coefficient (Wildman–Crippen LogP) is 3.10. The van der Waals surface area contributed by atoms with Crippen LogP contribution in [0.25, 0.3) is 27.4 Å². The molecule has 0 radical (unpaired) electrons. The lowest BCUT2D eigenvalue weighted by Crippen LogP contribution is -2.33. The Bertz CT molecular complexity index is 1840. The minimum absolute atomic E-state index is 0.0668. The summed E-state index contributed by atoms with van der Waals surface area (Å²) in [5.41, 5.74) is 8.18. The maximum atomic E-state index is 14.0. The van der Waals surface area contributed by atoms with Crippen molar-refractivity contribution >= 4 is 39.8 Å². The maximum Gasteiger partial charge on any atom is 0.264 e. The molecule has 3 aromatic heterocycles. The number of hydrogen-bond donors (Lipinski definition) is 3. The Hall–Kier alpha value is -5.49. The van der Waals surface area contributed by atoms with Gasteiger partial charge in [0.25, 0.3) is 11.5 Å². The van der Waals surface area contributed by atoms with Gasteiger partial charge in [0, 0.05) is 34.7 Å². The molecule has 0 spiro atoms. The fourth-order valence-electron chi connectivity index (χ4n) is 4.50. The van der Waals surface area contributed by atoms with Crippen LogP contribution in [0.1, 0.15) is 34.6 Å². The molecule has 39 heavy (non-hydrogen) atoms. The summed E-state index contributed by atoms with van der Waals surface area (Å²) in [5, 5.41) is 7.28. The Labute approximate surface area is 223 Å². The largest absolute Gasteiger partial charge is 0.383 e. The Morgan fingerprint density at radius 1 is 1.08 bits per heavy atom. The number of rotatable bonds is 6. The van der Waals surface area contributed by atoms with Crippen molar-refractivity contribution in [1.82, 2.24) is 25.2 Å². The Morgan fingerprint density at radius 2 is 1.87 bits per heavy atom. The lowest BCUT2D eigenvalue weighted by molar-refractivity contribution is -0.109. The van der Waals surface area contributed by atoms with Crippen LogP contribution in [0, 0.1) is 11.8 Å². The highest BCUT2D eigenvalue weighted by molar-refractivity contribution is 6.09. The Balaban J connectivity index is 1.63. The van der Waals surface area contributed by atoms with Gasteiger partial charge in [0.1, 0.15) is 11.4 Å². The molecule has 0 aliphatic carbocycles. The molecule has 192 valence electrons. The van der Waals surface area contributed by atoms with E-state index < -0.39 is 11.9 Å². The fourth-order valence-corrected chi connectivity index (χ4v) is 4.50. The minimum Gasteiger partial charge on any atom is -0.383 e. The number of nitrogens with two attached hydrogens (primary N) is 1. The monoisotopic (exact) mass is 516 g/mol. The maximum absolute atomic E-state index is 14.0. The summed E-state index contributed by atoms with van der Waals surface area (Å²) < 4.78 is 1.57. The van der Waals surface area contributed by atoms with Crippen LogP contribution in [0.3, 0.4) is 0 Å². The van der Waals surface area contributed by atoms with Crippen molar-refractivity contribution in [2.75, 3.05) is 12.3 Å². The number of nitrogens with zero attached hydrogens (tertiary/aromatic N) is 3. The highest BCUT2D eigenvalue weighted by Gasteiger charge is 2.22. The fraction of sp³-hybridized carbons (Fsp3) is 0.100. The van der Waals surface area contributed by atoms with Crippen LogP contribution in [0.4, 0.5) is 5.82 Å². The van der Waals surface area contributed by atoms with E-state index in [-0.39, 0.29) is 23.5 Å². The molecule has 9 heteroatoms. The normalized spacial score (nSPS) is 11.4. The highest BCUT2D eigenvalue weighted by atomic mass is 16.2. The van der Waals surface area contributed by atoms with E-state index >= 15 is 0 Å². The summed E-state index contributed by atoms with van der Waals surface area (Å²) in [6.45, 7) is 1.96. The predicted molar refractivity (Wildman–Crippen MR) is 150 cm³/mol. The van der Waals surface area contributed by atoms with Gasteiger partial charge < -0.3 is 16.4 Å². The number of nitrogen functional groups attached to an aromatic ring is 1. The third-order valence-corrected chi connectivity index (χ3v) is 6.28. The average Bonchev–Trinajstić information content (AvgIpc) is 2.95. The number of carbonyl (C=O) groups excluding carboxylic acids is 2. The second-order valence-corrected chi connectivity index (χ2v) is 8.77. The molecular formula is C30H24N6O3. The van der Waals surface area contributed by atoms with Crippen LogP contribution < -0.4 is 21.9 Å². The zero-order chi connectivity index (χ0) is 27.4. The number of nitrogens with one attached hydrogen (secondary N) is 2. The number of para-hydroxylation sites is 1. The van der Waals surface area contributed by atoms with Crippen molar-refractivity contribution in [2.45, 2.75) is 13.0 Å². The number of amides is 2. The minimum atomic E-state index is -0.597. The van der Waals surface area contributed by atoms with Gasteiger partial charge in [-0.15, -0.1) is 0 Å². The van der Waals surface area contributed by atoms with Gasteiger partial charge in [-0.05, 0) is 48.7 Å². The summed E-state index contributed by atoms with van der Waals surface area (Å²) >= 11 is 0. The number of hydrogen-bond acceptors (Lipinski definition) is 6. The van der Waals surface area contributed by atoms with Gasteiger partial charge in [0.05, 0.1) is 23.5 Å². The lowest BCUT2D eigenvalue weighted by Gasteiger charge is -2.21. The second kappa shape index (κ2) is 10.9. The van der Waals surface area contributed by atoms with E-state index in [9.17, 15) is 14.4 Å². The molecule has 0 saturated carbocycles. The highest BCUT2D eigenvalue weighted by Crippen LogP contribution is 2.25. The van der Waals surface area contributed by atoms with Crippen molar-refractivity contribution in [3.05, 3.63) is 106 Å². The molecule has 0 bridgehead atoms. The van der Waals surface area contributed by atoms with E-state index in [1.54, 1.807) is 42.1 Å². The van der Waals surface area contributed by atoms with Crippen molar-refractivity contribution in [3.63, 3.8) is 0 Å². The van der Waals surface area contributed by atoms with Gasteiger partial charge in [-0.2, -0.15) is 0 Å². The molecule has 4 N–H and O–H groups in total. The number of benzene rings is 2. The molecule has 0 aliphatic rings. The van der Waals surface area contributed by atoms with Gasteiger partial charge in [0.2, 0.25) is 6.41 Å².